The number of hydrogen-bond donors (Lipinski definition) is 1. The number of benzene rings is 2. The number of hydrogen-bond acceptors (Lipinski definition) is 2. The van der Waals surface area contributed by atoms with Gasteiger partial charge in [0.25, 0.3) is 0 Å². The Morgan fingerprint density at radius 2 is 1.74 bits per heavy atom. The number of aryl methyl sites for hydroxylation is 1. The van der Waals surface area contributed by atoms with E-state index >= 15 is 0 Å². The summed E-state index contributed by atoms with van der Waals surface area (Å²) in [6, 6.07) is 18.3. The van der Waals surface area contributed by atoms with Crippen LogP contribution in [-0.4, -0.2) is 14.7 Å². The topological polar surface area (TPSA) is 38.1 Å². The fourth-order valence-corrected chi connectivity index (χ4v) is 3.01. The van der Waals surface area contributed by atoms with Crippen LogP contribution in [0.5, 0.6) is 0 Å². The molecule has 0 aliphatic heterocycles. The van der Waals surface area contributed by atoms with Crippen molar-refractivity contribution in [3.05, 3.63) is 89.5 Å². The Morgan fingerprint density at radius 3 is 2.48 bits per heavy atom. The number of nitrogens with zero attached hydrogens (tertiary/aromatic N) is 2. The molecule has 1 atom stereocenters. The zero-order valence-electron chi connectivity index (χ0n) is 13.6. The van der Waals surface area contributed by atoms with Gasteiger partial charge in [0.2, 0.25) is 0 Å². The minimum Gasteiger partial charge on any atom is -0.385 e. The molecule has 3 heteroatoms. The summed E-state index contributed by atoms with van der Waals surface area (Å²) >= 11 is 0. The Kier molecular flexibility index (Phi) is 4.30. The molecule has 3 aromatic rings. The molecule has 0 saturated carbocycles. The third kappa shape index (κ3) is 3.51. The minimum atomic E-state index is -0.939. The smallest absolute Gasteiger partial charge is 0.112 e. The van der Waals surface area contributed by atoms with E-state index in [-0.39, 0.29) is 0 Å². The second kappa shape index (κ2) is 6.39. The lowest BCUT2D eigenvalue weighted by molar-refractivity contribution is 0.0540. The molecule has 1 unspecified atom stereocenters. The van der Waals surface area contributed by atoms with Crippen molar-refractivity contribution in [2.24, 2.45) is 0 Å². The van der Waals surface area contributed by atoms with Gasteiger partial charge in [-0.05, 0) is 30.5 Å². The van der Waals surface area contributed by atoms with Crippen molar-refractivity contribution in [1.82, 2.24) is 9.55 Å². The molecule has 0 amide bonds. The lowest BCUT2D eigenvalue weighted by Crippen LogP contribution is -2.27. The van der Waals surface area contributed by atoms with E-state index in [0.717, 1.165) is 23.5 Å². The molecule has 0 aliphatic rings. The van der Waals surface area contributed by atoms with Crippen molar-refractivity contribution in [2.75, 3.05) is 0 Å². The van der Waals surface area contributed by atoms with Crippen LogP contribution in [0.1, 0.15) is 29.4 Å². The maximum absolute atomic E-state index is 11.0. The largest absolute Gasteiger partial charge is 0.385 e. The van der Waals surface area contributed by atoms with E-state index in [1.807, 2.05) is 62.5 Å². The van der Waals surface area contributed by atoms with E-state index < -0.39 is 5.60 Å². The van der Waals surface area contributed by atoms with E-state index in [2.05, 4.69) is 21.7 Å². The number of imidazole rings is 1. The van der Waals surface area contributed by atoms with Gasteiger partial charge in [-0.15, -0.1) is 0 Å². The predicted octanol–water partition coefficient (Wildman–Crippen LogP) is 3.69. The standard InChI is InChI=1S/C20H22N2O/c1-16-8-6-7-11-18(16)20(2,23)14-19-21-12-13-22(19)15-17-9-4-3-5-10-17/h3-13,23H,14-15H2,1-2H3. The van der Waals surface area contributed by atoms with Crippen molar-refractivity contribution in [3.63, 3.8) is 0 Å². The molecular weight excluding hydrogens is 284 g/mol. The van der Waals surface area contributed by atoms with Gasteiger partial charge < -0.3 is 9.67 Å². The lowest BCUT2D eigenvalue weighted by Gasteiger charge is -2.25. The normalized spacial score (nSPS) is 13.7. The summed E-state index contributed by atoms with van der Waals surface area (Å²) in [4.78, 5) is 4.46. The van der Waals surface area contributed by atoms with Crippen molar-refractivity contribution < 1.29 is 5.11 Å². The molecule has 1 aromatic heterocycles. The zero-order valence-corrected chi connectivity index (χ0v) is 13.6. The summed E-state index contributed by atoms with van der Waals surface area (Å²) in [6.07, 6.45) is 4.25. The van der Waals surface area contributed by atoms with Gasteiger partial charge in [0, 0.05) is 25.4 Å². The summed E-state index contributed by atoms with van der Waals surface area (Å²) in [5.41, 5.74) is 2.33. The van der Waals surface area contributed by atoms with Crippen LogP contribution in [0, 0.1) is 6.92 Å². The van der Waals surface area contributed by atoms with Crippen LogP contribution in [0.4, 0.5) is 0 Å². The number of rotatable bonds is 5. The van der Waals surface area contributed by atoms with Crippen LogP contribution in [0.15, 0.2) is 67.0 Å². The molecule has 1 heterocycles. The van der Waals surface area contributed by atoms with E-state index in [4.69, 9.17) is 0 Å². The van der Waals surface area contributed by atoms with Gasteiger partial charge in [0.15, 0.2) is 0 Å². The highest BCUT2D eigenvalue weighted by Gasteiger charge is 2.27. The van der Waals surface area contributed by atoms with Crippen molar-refractivity contribution in [2.45, 2.75) is 32.4 Å². The molecule has 0 radical (unpaired) electrons. The highest BCUT2D eigenvalue weighted by Crippen LogP contribution is 2.27. The van der Waals surface area contributed by atoms with Crippen LogP contribution in [0.25, 0.3) is 0 Å². The van der Waals surface area contributed by atoms with Gasteiger partial charge in [0.05, 0.1) is 5.60 Å². The second-order valence-corrected chi connectivity index (χ2v) is 6.22. The number of aromatic nitrogens is 2. The molecule has 0 saturated heterocycles. The Hall–Kier alpha value is -2.39. The maximum atomic E-state index is 11.0. The Morgan fingerprint density at radius 1 is 1.04 bits per heavy atom. The summed E-state index contributed by atoms with van der Waals surface area (Å²) in [5.74, 6) is 0.891. The summed E-state index contributed by atoms with van der Waals surface area (Å²) in [5, 5.41) is 11.0. The SMILES string of the molecule is Cc1ccccc1C(C)(O)Cc1nccn1Cc1ccccc1. The van der Waals surface area contributed by atoms with E-state index in [0.29, 0.717) is 6.42 Å². The average Bonchev–Trinajstić information content (AvgIpc) is 2.95. The maximum Gasteiger partial charge on any atom is 0.112 e. The molecule has 118 valence electrons. The van der Waals surface area contributed by atoms with Gasteiger partial charge in [-0.3, -0.25) is 0 Å². The molecule has 1 N–H and O–H groups in total. The van der Waals surface area contributed by atoms with Gasteiger partial charge in [0.1, 0.15) is 5.82 Å². The molecule has 3 rings (SSSR count). The molecule has 23 heavy (non-hydrogen) atoms. The molecule has 0 bridgehead atoms. The molecular formula is C20H22N2O. The fourth-order valence-electron chi connectivity index (χ4n) is 3.01. The summed E-state index contributed by atoms with van der Waals surface area (Å²) in [6.45, 7) is 4.65. The van der Waals surface area contributed by atoms with E-state index in [9.17, 15) is 5.11 Å². The fraction of sp³-hybridized carbons (Fsp3) is 0.250. The monoisotopic (exact) mass is 306 g/mol. The minimum absolute atomic E-state index is 0.484. The summed E-state index contributed by atoms with van der Waals surface area (Å²) in [7, 11) is 0. The first-order valence-corrected chi connectivity index (χ1v) is 7.89. The predicted molar refractivity (Wildman–Crippen MR) is 92.2 cm³/mol. The van der Waals surface area contributed by atoms with Crippen molar-refractivity contribution >= 4 is 0 Å². The van der Waals surface area contributed by atoms with Crippen molar-refractivity contribution in [3.8, 4) is 0 Å². The van der Waals surface area contributed by atoms with Gasteiger partial charge in [-0.1, -0.05) is 54.6 Å². The molecule has 3 nitrogen and oxygen atoms in total. The Bertz CT molecular complexity index is 775. The lowest BCUT2D eigenvalue weighted by atomic mass is 9.89. The average molecular weight is 306 g/mol. The first kappa shape index (κ1) is 15.5. The van der Waals surface area contributed by atoms with Crippen LogP contribution >= 0.6 is 0 Å². The molecule has 0 fully saturated rings. The van der Waals surface area contributed by atoms with E-state index in [1.54, 1.807) is 6.20 Å². The van der Waals surface area contributed by atoms with Crippen LogP contribution in [0.3, 0.4) is 0 Å². The first-order chi connectivity index (χ1) is 11.1. The third-order valence-corrected chi connectivity index (χ3v) is 4.23. The van der Waals surface area contributed by atoms with Crippen LogP contribution in [0.2, 0.25) is 0 Å². The first-order valence-electron chi connectivity index (χ1n) is 7.89. The van der Waals surface area contributed by atoms with Crippen LogP contribution in [-0.2, 0) is 18.6 Å². The second-order valence-electron chi connectivity index (χ2n) is 6.22. The summed E-state index contributed by atoms with van der Waals surface area (Å²) < 4.78 is 2.10. The van der Waals surface area contributed by atoms with Crippen LogP contribution < -0.4 is 0 Å². The molecule has 2 aromatic carbocycles. The molecule has 0 spiro atoms. The zero-order chi connectivity index (χ0) is 16.3. The number of aliphatic hydroxyl groups is 1. The molecule has 0 aliphatic carbocycles. The Labute approximate surface area is 137 Å². The van der Waals surface area contributed by atoms with Gasteiger partial charge in [-0.2, -0.15) is 0 Å². The quantitative estimate of drug-likeness (QED) is 0.780. The Balaban J connectivity index is 1.84. The van der Waals surface area contributed by atoms with Gasteiger partial charge >= 0.3 is 0 Å². The van der Waals surface area contributed by atoms with Crippen molar-refractivity contribution in [1.29, 1.82) is 0 Å². The van der Waals surface area contributed by atoms with E-state index in [1.165, 1.54) is 5.56 Å². The highest BCUT2D eigenvalue weighted by molar-refractivity contribution is 5.31. The third-order valence-electron chi connectivity index (χ3n) is 4.23. The van der Waals surface area contributed by atoms with Gasteiger partial charge in [-0.25, -0.2) is 4.98 Å². The highest BCUT2D eigenvalue weighted by atomic mass is 16.3.